The molecule has 2 aromatic rings. The molecule has 3 N–H and O–H groups in total. The number of urea groups is 1. The number of primary amides is 1. The molecule has 0 saturated heterocycles. The summed E-state index contributed by atoms with van der Waals surface area (Å²) >= 11 is 5.79. The highest BCUT2D eigenvalue weighted by Gasteiger charge is 2.11. The van der Waals surface area contributed by atoms with Crippen LogP contribution in [0.15, 0.2) is 46.9 Å². The molecule has 1 unspecified atom stereocenters. The zero-order chi connectivity index (χ0) is 16.1. The zero-order valence-corrected chi connectivity index (χ0v) is 12.5. The summed E-state index contributed by atoms with van der Waals surface area (Å²) in [5.41, 5.74) is 4.96. The van der Waals surface area contributed by atoms with Crippen molar-refractivity contribution in [2.45, 2.75) is 13.0 Å². The Morgan fingerprint density at radius 3 is 2.68 bits per heavy atom. The Morgan fingerprint density at radius 1 is 1.36 bits per heavy atom. The number of halogens is 1. The van der Waals surface area contributed by atoms with Crippen LogP contribution >= 0.6 is 11.6 Å². The molecule has 116 valence electrons. The molecule has 1 aromatic carbocycles. The van der Waals surface area contributed by atoms with Gasteiger partial charge in [0.05, 0.1) is 6.04 Å². The molecule has 1 aromatic heterocycles. The van der Waals surface area contributed by atoms with Gasteiger partial charge in [0, 0.05) is 11.1 Å². The zero-order valence-electron chi connectivity index (χ0n) is 11.8. The number of nitrogens with two attached hydrogens (primary N) is 1. The minimum Gasteiger partial charge on any atom is -0.426 e. The first kappa shape index (κ1) is 15.9. The lowest BCUT2D eigenvalue weighted by atomic mass is 10.3. The van der Waals surface area contributed by atoms with Crippen molar-refractivity contribution >= 4 is 23.7 Å². The smallest absolute Gasteiger partial charge is 0.339 e. The molecule has 0 fully saturated rings. The molecule has 0 aliphatic carbocycles. The van der Waals surface area contributed by atoms with Crippen LogP contribution in [-0.2, 0) is 0 Å². The Hall–Kier alpha value is -2.44. The highest BCUT2D eigenvalue weighted by Crippen LogP contribution is 2.25. The van der Waals surface area contributed by atoms with E-state index in [9.17, 15) is 10.0 Å². The van der Waals surface area contributed by atoms with Crippen LogP contribution in [0.1, 0.15) is 12.7 Å². The number of ether oxygens (including phenoxy) is 1. The molecular weight excluding hydrogens is 308 g/mol. The number of amides is 2. The fourth-order valence-electron chi connectivity index (χ4n) is 1.61. The predicted molar refractivity (Wildman–Crippen MR) is 81.9 cm³/mol. The molecule has 0 bridgehead atoms. The van der Waals surface area contributed by atoms with Crippen molar-refractivity contribution in [2.24, 2.45) is 5.73 Å². The first-order valence-electron chi connectivity index (χ1n) is 6.44. The van der Waals surface area contributed by atoms with Crippen molar-refractivity contribution in [2.75, 3.05) is 0 Å². The Morgan fingerprint density at radius 2 is 2.05 bits per heavy atom. The van der Waals surface area contributed by atoms with Crippen LogP contribution < -0.4 is 10.5 Å². The van der Waals surface area contributed by atoms with E-state index in [4.69, 9.17) is 26.5 Å². The SMILES string of the molecule is CC(C=Cc1ccc(Oc2ccc(Cl)cc2)o1)N(O)C(N)=O. The van der Waals surface area contributed by atoms with Crippen molar-refractivity contribution < 1.29 is 19.2 Å². The highest BCUT2D eigenvalue weighted by atomic mass is 35.5. The Balaban J connectivity index is 1.99. The molecule has 2 amide bonds. The lowest BCUT2D eigenvalue weighted by Gasteiger charge is -2.16. The van der Waals surface area contributed by atoms with Gasteiger partial charge in [-0.05, 0) is 43.3 Å². The van der Waals surface area contributed by atoms with Gasteiger partial charge in [0.1, 0.15) is 11.5 Å². The number of hydrogen-bond acceptors (Lipinski definition) is 4. The molecule has 22 heavy (non-hydrogen) atoms. The number of rotatable bonds is 5. The molecular formula is C15H15ClN2O4. The van der Waals surface area contributed by atoms with Gasteiger partial charge in [0.25, 0.3) is 5.95 Å². The van der Waals surface area contributed by atoms with Gasteiger partial charge in [-0.25, -0.2) is 4.79 Å². The third-order valence-electron chi connectivity index (χ3n) is 2.78. The second-order valence-corrected chi connectivity index (χ2v) is 4.93. The maximum absolute atomic E-state index is 10.8. The van der Waals surface area contributed by atoms with E-state index in [1.54, 1.807) is 55.5 Å². The Kier molecular flexibility index (Phi) is 5.08. The molecule has 0 spiro atoms. The lowest BCUT2D eigenvalue weighted by Crippen LogP contribution is -2.38. The van der Waals surface area contributed by atoms with E-state index in [1.165, 1.54) is 0 Å². The van der Waals surface area contributed by atoms with E-state index in [0.717, 1.165) is 0 Å². The van der Waals surface area contributed by atoms with Crippen LogP contribution in [0.2, 0.25) is 5.02 Å². The summed E-state index contributed by atoms with van der Waals surface area (Å²) < 4.78 is 11.0. The summed E-state index contributed by atoms with van der Waals surface area (Å²) in [7, 11) is 0. The molecule has 0 radical (unpaired) electrons. The van der Waals surface area contributed by atoms with Gasteiger partial charge >= 0.3 is 6.03 Å². The maximum atomic E-state index is 10.8. The third-order valence-corrected chi connectivity index (χ3v) is 3.04. The molecule has 0 saturated carbocycles. The summed E-state index contributed by atoms with van der Waals surface area (Å²) in [6.45, 7) is 1.61. The van der Waals surface area contributed by atoms with Gasteiger partial charge in [0.15, 0.2) is 0 Å². The van der Waals surface area contributed by atoms with E-state index in [-0.39, 0.29) is 0 Å². The van der Waals surface area contributed by atoms with Gasteiger partial charge < -0.3 is 14.9 Å². The standard InChI is InChI=1S/C15H15ClN2O4/c1-10(18(20)15(17)19)2-5-12-8-9-14(21-12)22-13-6-3-11(16)4-7-13/h2-10,20H,1H3,(H2,17,19). The minimum absolute atomic E-state index is 0.311. The molecule has 7 heteroatoms. The average molecular weight is 323 g/mol. The van der Waals surface area contributed by atoms with E-state index < -0.39 is 12.1 Å². The Bertz CT molecular complexity index is 666. The van der Waals surface area contributed by atoms with Crippen LogP contribution in [0.25, 0.3) is 6.08 Å². The summed E-state index contributed by atoms with van der Waals surface area (Å²) in [6, 6.07) is 8.71. The van der Waals surface area contributed by atoms with Crippen LogP contribution in [0.5, 0.6) is 11.7 Å². The van der Waals surface area contributed by atoms with Crippen LogP contribution in [-0.4, -0.2) is 22.3 Å². The number of hydrogen-bond donors (Lipinski definition) is 2. The van der Waals surface area contributed by atoms with Crippen molar-refractivity contribution in [3.63, 3.8) is 0 Å². The van der Waals surface area contributed by atoms with Crippen molar-refractivity contribution in [1.82, 2.24) is 5.06 Å². The van der Waals surface area contributed by atoms with Crippen LogP contribution in [0.3, 0.4) is 0 Å². The van der Waals surface area contributed by atoms with Crippen molar-refractivity contribution in [3.05, 3.63) is 53.3 Å². The molecule has 6 nitrogen and oxygen atoms in total. The molecule has 1 atom stereocenters. The highest BCUT2D eigenvalue weighted by molar-refractivity contribution is 6.30. The number of nitrogens with zero attached hydrogens (tertiary/aromatic N) is 1. The predicted octanol–water partition coefficient (Wildman–Crippen LogP) is 3.90. The van der Waals surface area contributed by atoms with Crippen LogP contribution in [0, 0.1) is 0 Å². The monoisotopic (exact) mass is 322 g/mol. The van der Waals surface area contributed by atoms with E-state index >= 15 is 0 Å². The second kappa shape index (κ2) is 7.02. The summed E-state index contributed by atoms with van der Waals surface area (Å²) in [4.78, 5) is 10.8. The van der Waals surface area contributed by atoms with E-state index in [1.807, 2.05) is 0 Å². The summed E-state index contributed by atoms with van der Waals surface area (Å²) in [5.74, 6) is 1.41. The fourth-order valence-corrected chi connectivity index (χ4v) is 1.74. The largest absolute Gasteiger partial charge is 0.426 e. The second-order valence-electron chi connectivity index (χ2n) is 4.50. The number of furan rings is 1. The number of carbonyl (C=O) groups is 1. The van der Waals surface area contributed by atoms with E-state index in [0.29, 0.717) is 27.5 Å². The average Bonchev–Trinajstić information content (AvgIpc) is 2.94. The molecule has 0 aliphatic rings. The third kappa shape index (κ3) is 4.28. The maximum Gasteiger partial charge on any atom is 0.339 e. The van der Waals surface area contributed by atoms with E-state index in [2.05, 4.69) is 0 Å². The lowest BCUT2D eigenvalue weighted by molar-refractivity contribution is -0.0560. The number of benzene rings is 1. The number of carbonyl (C=O) groups excluding carboxylic acids is 1. The van der Waals surface area contributed by atoms with Crippen molar-refractivity contribution in [1.29, 1.82) is 0 Å². The fraction of sp³-hybridized carbons (Fsp3) is 0.133. The van der Waals surface area contributed by atoms with Gasteiger partial charge in [-0.15, -0.1) is 0 Å². The quantitative estimate of drug-likeness (QED) is 0.645. The van der Waals surface area contributed by atoms with Crippen molar-refractivity contribution in [3.8, 4) is 11.7 Å². The summed E-state index contributed by atoms with van der Waals surface area (Å²) in [5, 5.41) is 10.4. The van der Waals surface area contributed by atoms with Gasteiger partial charge in [-0.2, -0.15) is 5.06 Å². The molecule has 2 rings (SSSR count). The number of hydroxylamine groups is 2. The molecule has 0 aliphatic heterocycles. The molecule has 1 heterocycles. The first-order valence-corrected chi connectivity index (χ1v) is 6.82. The topological polar surface area (TPSA) is 88.9 Å². The van der Waals surface area contributed by atoms with Gasteiger partial charge in [0.2, 0.25) is 0 Å². The minimum atomic E-state index is -0.927. The Labute approximate surface area is 132 Å². The van der Waals surface area contributed by atoms with Gasteiger partial charge in [-0.1, -0.05) is 17.7 Å². The van der Waals surface area contributed by atoms with Gasteiger partial charge in [-0.3, -0.25) is 5.21 Å². The first-order chi connectivity index (χ1) is 10.5. The summed E-state index contributed by atoms with van der Waals surface area (Å²) in [6.07, 6.45) is 3.17. The van der Waals surface area contributed by atoms with Crippen LogP contribution in [0.4, 0.5) is 4.79 Å². The normalized spacial score (nSPS) is 12.3.